The van der Waals surface area contributed by atoms with Crippen molar-refractivity contribution < 1.29 is 0 Å². The average molecular weight is 256 g/mol. The van der Waals surface area contributed by atoms with E-state index in [0.29, 0.717) is 12.0 Å². The summed E-state index contributed by atoms with van der Waals surface area (Å²) in [5.41, 5.74) is 1.37. The van der Waals surface area contributed by atoms with Crippen LogP contribution >= 0.6 is 23.6 Å². The first-order valence-corrected chi connectivity index (χ1v) is 6.98. The van der Waals surface area contributed by atoms with Gasteiger partial charge in [0.25, 0.3) is 0 Å². The summed E-state index contributed by atoms with van der Waals surface area (Å²) in [6.45, 7) is 7.42. The minimum absolute atomic E-state index is 0.377. The molecule has 0 amide bonds. The Labute approximate surface area is 107 Å². The average Bonchev–Trinajstić information content (AvgIpc) is 2.67. The summed E-state index contributed by atoms with van der Waals surface area (Å²) < 4.78 is 0. The molecule has 0 aliphatic rings. The van der Waals surface area contributed by atoms with Crippen molar-refractivity contribution in [2.24, 2.45) is 5.92 Å². The first kappa shape index (κ1) is 13.5. The molecule has 90 valence electrons. The van der Waals surface area contributed by atoms with E-state index in [1.807, 2.05) is 0 Å². The maximum Gasteiger partial charge on any atom is 0.166 e. The first-order chi connectivity index (χ1) is 7.58. The molecule has 0 radical (unpaired) electrons. The second-order valence-corrected chi connectivity index (χ2v) is 5.67. The van der Waals surface area contributed by atoms with E-state index in [4.69, 9.17) is 12.2 Å². The van der Waals surface area contributed by atoms with Gasteiger partial charge < -0.3 is 10.6 Å². The van der Waals surface area contributed by atoms with E-state index in [1.165, 1.54) is 5.56 Å². The van der Waals surface area contributed by atoms with Gasteiger partial charge in [-0.3, -0.25) is 0 Å². The topological polar surface area (TPSA) is 24.1 Å². The molecule has 0 aliphatic carbocycles. The molecule has 1 rings (SSSR count). The zero-order valence-corrected chi connectivity index (χ0v) is 11.8. The molecule has 1 heterocycles. The monoisotopic (exact) mass is 256 g/mol. The number of rotatable bonds is 5. The summed E-state index contributed by atoms with van der Waals surface area (Å²) in [4.78, 5) is 0. The molecule has 0 fully saturated rings. The highest BCUT2D eigenvalue weighted by Crippen LogP contribution is 2.08. The van der Waals surface area contributed by atoms with Gasteiger partial charge in [0.2, 0.25) is 0 Å². The van der Waals surface area contributed by atoms with Crippen LogP contribution in [0.3, 0.4) is 0 Å². The largest absolute Gasteiger partial charge is 0.362 e. The number of thiocarbonyl (C=S) groups is 1. The van der Waals surface area contributed by atoms with Gasteiger partial charge in [-0.25, -0.2) is 0 Å². The van der Waals surface area contributed by atoms with E-state index in [-0.39, 0.29) is 0 Å². The molecule has 1 unspecified atom stereocenters. The third kappa shape index (κ3) is 5.47. The van der Waals surface area contributed by atoms with E-state index in [0.717, 1.165) is 18.1 Å². The molecule has 1 aromatic heterocycles. The van der Waals surface area contributed by atoms with Gasteiger partial charge in [-0.15, -0.1) is 0 Å². The van der Waals surface area contributed by atoms with E-state index in [9.17, 15) is 0 Å². The van der Waals surface area contributed by atoms with Crippen molar-refractivity contribution in [1.29, 1.82) is 0 Å². The van der Waals surface area contributed by atoms with Crippen molar-refractivity contribution >= 4 is 28.7 Å². The van der Waals surface area contributed by atoms with Gasteiger partial charge in [-0.1, -0.05) is 13.8 Å². The second kappa shape index (κ2) is 6.86. The lowest BCUT2D eigenvalue weighted by atomic mass is 10.1. The third-order valence-electron chi connectivity index (χ3n) is 2.17. The molecular weight excluding hydrogens is 236 g/mol. The van der Waals surface area contributed by atoms with Crippen molar-refractivity contribution in [3.63, 3.8) is 0 Å². The molecule has 0 spiro atoms. The second-order valence-electron chi connectivity index (χ2n) is 4.48. The van der Waals surface area contributed by atoms with E-state index in [2.05, 4.69) is 48.2 Å². The Hall–Kier alpha value is -0.610. The standard InChI is InChI=1S/C12H20N2S2/c1-9(2)7-13-12(15)14-10(3)6-11-4-5-16-8-11/h4-5,8-10H,6-7H2,1-3H3,(H2,13,14,15). The van der Waals surface area contributed by atoms with Crippen LogP contribution in [-0.2, 0) is 6.42 Å². The summed E-state index contributed by atoms with van der Waals surface area (Å²) in [6.07, 6.45) is 1.02. The smallest absolute Gasteiger partial charge is 0.166 e. The number of hydrogen-bond donors (Lipinski definition) is 2. The van der Waals surface area contributed by atoms with Crippen molar-refractivity contribution in [3.8, 4) is 0 Å². The lowest BCUT2D eigenvalue weighted by molar-refractivity contribution is 0.600. The highest BCUT2D eigenvalue weighted by Gasteiger charge is 2.05. The molecule has 0 saturated carbocycles. The van der Waals surface area contributed by atoms with E-state index < -0.39 is 0 Å². The molecule has 0 saturated heterocycles. The Bertz CT molecular complexity index is 307. The lowest BCUT2D eigenvalue weighted by Crippen LogP contribution is -2.42. The zero-order chi connectivity index (χ0) is 12.0. The van der Waals surface area contributed by atoms with Gasteiger partial charge in [-0.2, -0.15) is 11.3 Å². The van der Waals surface area contributed by atoms with Crippen molar-refractivity contribution in [3.05, 3.63) is 22.4 Å². The van der Waals surface area contributed by atoms with Crippen LogP contribution < -0.4 is 10.6 Å². The number of thiophene rings is 1. The summed E-state index contributed by atoms with van der Waals surface area (Å²) in [6, 6.07) is 2.54. The van der Waals surface area contributed by atoms with Crippen LogP contribution in [0.25, 0.3) is 0 Å². The highest BCUT2D eigenvalue weighted by atomic mass is 32.1. The minimum atomic E-state index is 0.377. The Morgan fingerprint density at radius 1 is 1.44 bits per heavy atom. The lowest BCUT2D eigenvalue weighted by Gasteiger charge is -2.17. The van der Waals surface area contributed by atoms with Crippen LogP contribution in [0.5, 0.6) is 0 Å². The van der Waals surface area contributed by atoms with Crippen LogP contribution in [0.1, 0.15) is 26.3 Å². The Balaban J connectivity index is 2.23. The van der Waals surface area contributed by atoms with Gasteiger partial charge in [-0.05, 0) is 53.9 Å². The normalized spacial score (nSPS) is 12.5. The Morgan fingerprint density at radius 3 is 2.75 bits per heavy atom. The predicted molar refractivity (Wildman–Crippen MR) is 76.1 cm³/mol. The maximum atomic E-state index is 5.22. The Morgan fingerprint density at radius 2 is 2.19 bits per heavy atom. The number of nitrogens with one attached hydrogen (secondary N) is 2. The summed E-state index contributed by atoms with van der Waals surface area (Å²) in [7, 11) is 0. The molecule has 0 aromatic carbocycles. The molecule has 2 N–H and O–H groups in total. The highest BCUT2D eigenvalue weighted by molar-refractivity contribution is 7.80. The number of hydrogen-bond acceptors (Lipinski definition) is 2. The molecule has 16 heavy (non-hydrogen) atoms. The zero-order valence-electron chi connectivity index (χ0n) is 10.1. The van der Waals surface area contributed by atoms with Crippen molar-refractivity contribution in [2.45, 2.75) is 33.2 Å². The molecule has 0 bridgehead atoms. The SMILES string of the molecule is CC(C)CNC(=S)NC(C)Cc1ccsc1. The summed E-state index contributed by atoms with van der Waals surface area (Å²) in [5.74, 6) is 0.618. The maximum absolute atomic E-state index is 5.22. The predicted octanol–water partition coefficient (Wildman–Crippen LogP) is 2.80. The molecule has 1 aromatic rings. The van der Waals surface area contributed by atoms with Crippen LogP contribution in [0.15, 0.2) is 16.8 Å². The molecule has 2 nitrogen and oxygen atoms in total. The van der Waals surface area contributed by atoms with Gasteiger partial charge in [0.1, 0.15) is 0 Å². The fourth-order valence-corrected chi connectivity index (χ4v) is 2.35. The van der Waals surface area contributed by atoms with Crippen molar-refractivity contribution in [1.82, 2.24) is 10.6 Å². The van der Waals surface area contributed by atoms with Gasteiger partial charge >= 0.3 is 0 Å². The van der Waals surface area contributed by atoms with Crippen LogP contribution in [0.4, 0.5) is 0 Å². The first-order valence-electron chi connectivity index (χ1n) is 5.63. The van der Waals surface area contributed by atoms with Gasteiger partial charge in [0, 0.05) is 12.6 Å². The van der Waals surface area contributed by atoms with Gasteiger partial charge in [0.05, 0.1) is 0 Å². The minimum Gasteiger partial charge on any atom is -0.362 e. The summed E-state index contributed by atoms with van der Waals surface area (Å²) in [5, 5.41) is 11.6. The van der Waals surface area contributed by atoms with Crippen LogP contribution in [-0.4, -0.2) is 17.7 Å². The van der Waals surface area contributed by atoms with E-state index >= 15 is 0 Å². The Kier molecular flexibility index (Phi) is 5.77. The van der Waals surface area contributed by atoms with Gasteiger partial charge in [0.15, 0.2) is 5.11 Å². The van der Waals surface area contributed by atoms with E-state index in [1.54, 1.807) is 11.3 Å². The fourth-order valence-electron chi connectivity index (χ4n) is 1.39. The van der Waals surface area contributed by atoms with Crippen LogP contribution in [0.2, 0.25) is 0 Å². The fraction of sp³-hybridized carbons (Fsp3) is 0.583. The third-order valence-corrected chi connectivity index (χ3v) is 3.16. The molecule has 0 aliphatic heterocycles. The molecule has 4 heteroatoms. The quantitative estimate of drug-likeness (QED) is 0.792. The molecular formula is C12H20N2S2. The molecule has 1 atom stereocenters. The van der Waals surface area contributed by atoms with Crippen LogP contribution in [0, 0.1) is 5.92 Å². The van der Waals surface area contributed by atoms with Crippen molar-refractivity contribution in [2.75, 3.05) is 6.54 Å². The summed E-state index contributed by atoms with van der Waals surface area (Å²) >= 11 is 6.96.